The summed E-state index contributed by atoms with van der Waals surface area (Å²) in [4.78, 5) is 19.2. The summed E-state index contributed by atoms with van der Waals surface area (Å²) in [6.45, 7) is 4.30. The second-order valence-electron chi connectivity index (χ2n) is 7.04. The zero-order valence-corrected chi connectivity index (χ0v) is 15.3. The van der Waals surface area contributed by atoms with Gasteiger partial charge in [-0.2, -0.15) is 0 Å². The first-order chi connectivity index (χ1) is 11.6. The lowest BCUT2D eigenvalue weighted by atomic mass is 9.94. The maximum atomic E-state index is 12.6. The molecule has 1 amide bonds. The highest BCUT2D eigenvalue weighted by Crippen LogP contribution is 2.23. The highest BCUT2D eigenvalue weighted by atomic mass is 35.5. The van der Waals surface area contributed by atoms with Crippen molar-refractivity contribution in [2.45, 2.75) is 38.1 Å². The Morgan fingerprint density at radius 1 is 1.17 bits per heavy atom. The van der Waals surface area contributed by atoms with Crippen LogP contribution in [0.5, 0.6) is 0 Å². The Morgan fingerprint density at radius 3 is 2.54 bits per heavy atom. The third-order valence-corrected chi connectivity index (χ3v) is 5.66. The van der Waals surface area contributed by atoms with Gasteiger partial charge in [0.1, 0.15) is 0 Å². The zero-order chi connectivity index (χ0) is 16.9. The van der Waals surface area contributed by atoms with Crippen LogP contribution in [0.1, 0.15) is 32.1 Å². The molecule has 132 valence electrons. The molecule has 0 unspecified atom stereocenters. The van der Waals surface area contributed by atoms with E-state index in [2.05, 4.69) is 15.9 Å². The molecule has 1 aromatic rings. The van der Waals surface area contributed by atoms with Gasteiger partial charge in [-0.15, -0.1) is 0 Å². The normalized spacial score (nSPS) is 20.2. The minimum atomic E-state index is 0.276. The molecule has 4 nitrogen and oxygen atoms in total. The van der Waals surface area contributed by atoms with Crippen LogP contribution in [-0.2, 0) is 4.79 Å². The molecule has 1 aliphatic heterocycles. The van der Waals surface area contributed by atoms with E-state index in [0.29, 0.717) is 12.6 Å². The number of nitrogens with zero attached hydrogens (tertiary/aromatic N) is 3. The molecule has 0 atom stereocenters. The Morgan fingerprint density at radius 2 is 1.88 bits per heavy atom. The number of hydrogen-bond acceptors (Lipinski definition) is 3. The van der Waals surface area contributed by atoms with Gasteiger partial charge < -0.3 is 9.80 Å². The molecule has 0 radical (unpaired) electrons. The highest BCUT2D eigenvalue weighted by molar-refractivity contribution is 6.30. The molecule has 1 heterocycles. The molecule has 2 aliphatic rings. The predicted molar refractivity (Wildman–Crippen MR) is 99.7 cm³/mol. The number of likely N-dealkylation sites (N-methyl/N-ethyl adjacent to an activating group) is 1. The number of rotatable bonds is 4. The molecular weight excluding hydrogens is 322 g/mol. The molecule has 1 aliphatic carbocycles. The zero-order valence-electron chi connectivity index (χ0n) is 14.6. The van der Waals surface area contributed by atoms with Crippen LogP contribution < -0.4 is 4.90 Å². The number of anilines is 1. The molecular formula is C19H28ClN3O. The lowest BCUT2D eigenvalue weighted by Crippen LogP contribution is -2.51. The van der Waals surface area contributed by atoms with Crippen LogP contribution in [0.25, 0.3) is 0 Å². The minimum Gasteiger partial charge on any atom is -0.369 e. The van der Waals surface area contributed by atoms with Gasteiger partial charge in [0.25, 0.3) is 0 Å². The van der Waals surface area contributed by atoms with Crippen LogP contribution in [0.2, 0.25) is 5.02 Å². The fraction of sp³-hybridized carbons (Fsp3) is 0.632. The number of hydrogen-bond donors (Lipinski definition) is 0. The van der Waals surface area contributed by atoms with Gasteiger partial charge in [0.2, 0.25) is 5.91 Å². The van der Waals surface area contributed by atoms with Gasteiger partial charge in [-0.25, -0.2) is 0 Å². The van der Waals surface area contributed by atoms with E-state index in [1.54, 1.807) is 0 Å². The second-order valence-corrected chi connectivity index (χ2v) is 7.48. The summed E-state index contributed by atoms with van der Waals surface area (Å²) >= 11 is 6.08. The van der Waals surface area contributed by atoms with Gasteiger partial charge in [0.15, 0.2) is 0 Å². The van der Waals surface area contributed by atoms with E-state index in [-0.39, 0.29) is 5.91 Å². The SMILES string of the molecule is CN(C(=O)CN1CCN(c2cccc(Cl)c2)CC1)C1CCCCC1. The van der Waals surface area contributed by atoms with E-state index in [1.165, 1.54) is 37.8 Å². The summed E-state index contributed by atoms with van der Waals surface area (Å²) in [5, 5.41) is 0.777. The van der Waals surface area contributed by atoms with Gasteiger partial charge in [0, 0.05) is 50.0 Å². The number of carbonyl (C=O) groups is 1. The van der Waals surface area contributed by atoms with Gasteiger partial charge in [-0.05, 0) is 31.0 Å². The summed E-state index contributed by atoms with van der Waals surface area (Å²) < 4.78 is 0. The van der Waals surface area contributed by atoms with Crippen molar-refractivity contribution in [3.05, 3.63) is 29.3 Å². The highest BCUT2D eigenvalue weighted by Gasteiger charge is 2.25. The van der Waals surface area contributed by atoms with Crippen LogP contribution in [0.4, 0.5) is 5.69 Å². The van der Waals surface area contributed by atoms with E-state index in [1.807, 2.05) is 30.1 Å². The average molecular weight is 350 g/mol. The third-order valence-electron chi connectivity index (χ3n) is 5.42. The van der Waals surface area contributed by atoms with Gasteiger partial charge >= 0.3 is 0 Å². The van der Waals surface area contributed by atoms with Crippen molar-refractivity contribution in [2.75, 3.05) is 44.7 Å². The van der Waals surface area contributed by atoms with Gasteiger partial charge in [-0.3, -0.25) is 9.69 Å². The Balaban J connectivity index is 1.47. The molecule has 2 fully saturated rings. The van der Waals surface area contributed by atoms with Crippen molar-refractivity contribution >= 4 is 23.2 Å². The monoisotopic (exact) mass is 349 g/mol. The quantitative estimate of drug-likeness (QED) is 0.834. The van der Waals surface area contributed by atoms with Crippen molar-refractivity contribution in [1.29, 1.82) is 0 Å². The van der Waals surface area contributed by atoms with E-state index in [4.69, 9.17) is 11.6 Å². The Hall–Kier alpha value is -1.26. The topological polar surface area (TPSA) is 26.8 Å². The molecule has 0 aromatic heterocycles. The van der Waals surface area contributed by atoms with Crippen molar-refractivity contribution in [3.63, 3.8) is 0 Å². The largest absolute Gasteiger partial charge is 0.369 e. The summed E-state index contributed by atoms with van der Waals surface area (Å²) in [6, 6.07) is 8.47. The lowest BCUT2D eigenvalue weighted by molar-refractivity contribution is -0.133. The van der Waals surface area contributed by atoms with E-state index in [9.17, 15) is 4.79 Å². The van der Waals surface area contributed by atoms with E-state index in [0.717, 1.165) is 31.2 Å². The second kappa shape index (κ2) is 8.21. The minimum absolute atomic E-state index is 0.276. The van der Waals surface area contributed by atoms with Crippen molar-refractivity contribution in [3.8, 4) is 0 Å². The number of benzene rings is 1. The predicted octanol–water partition coefficient (Wildman–Crippen LogP) is 3.25. The molecule has 1 aromatic carbocycles. The van der Waals surface area contributed by atoms with E-state index >= 15 is 0 Å². The van der Waals surface area contributed by atoms with Gasteiger partial charge in [-0.1, -0.05) is 36.9 Å². The van der Waals surface area contributed by atoms with Crippen LogP contribution in [-0.4, -0.2) is 61.5 Å². The van der Waals surface area contributed by atoms with Crippen LogP contribution in [0, 0.1) is 0 Å². The van der Waals surface area contributed by atoms with E-state index < -0.39 is 0 Å². The number of amides is 1. The van der Waals surface area contributed by atoms with Crippen LogP contribution in [0.3, 0.4) is 0 Å². The van der Waals surface area contributed by atoms with Crippen LogP contribution >= 0.6 is 11.6 Å². The molecule has 5 heteroatoms. The van der Waals surface area contributed by atoms with Gasteiger partial charge in [0.05, 0.1) is 6.54 Å². The first kappa shape index (κ1) is 17.6. The molecule has 0 spiro atoms. The average Bonchev–Trinajstić information content (AvgIpc) is 2.62. The molecule has 3 rings (SSSR count). The molecule has 0 bridgehead atoms. The maximum Gasteiger partial charge on any atom is 0.236 e. The van der Waals surface area contributed by atoms with Crippen molar-refractivity contribution in [2.24, 2.45) is 0 Å². The molecule has 0 N–H and O–H groups in total. The maximum absolute atomic E-state index is 12.6. The number of piperazine rings is 1. The summed E-state index contributed by atoms with van der Waals surface area (Å²) in [5.41, 5.74) is 1.17. The number of halogens is 1. The van der Waals surface area contributed by atoms with Crippen LogP contribution in [0.15, 0.2) is 24.3 Å². The smallest absolute Gasteiger partial charge is 0.236 e. The first-order valence-electron chi connectivity index (χ1n) is 9.12. The van der Waals surface area contributed by atoms with Crippen molar-refractivity contribution < 1.29 is 4.79 Å². The molecule has 1 saturated carbocycles. The Kier molecular flexibility index (Phi) is 6.01. The summed E-state index contributed by atoms with van der Waals surface area (Å²) in [6.07, 6.45) is 6.20. The summed E-state index contributed by atoms with van der Waals surface area (Å²) in [7, 11) is 1.99. The fourth-order valence-electron chi connectivity index (χ4n) is 3.81. The molecule has 24 heavy (non-hydrogen) atoms. The Labute approximate surface area is 150 Å². The third kappa shape index (κ3) is 4.42. The molecule has 1 saturated heterocycles. The first-order valence-corrected chi connectivity index (χ1v) is 9.50. The van der Waals surface area contributed by atoms with Crippen molar-refractivity contribution in [1.82, 2.24) is 9.80 Å². The summed E-state index contributed by atoms with van der Waals surface area (Å²) in [5.74, 6) is 0.276. The lowest BCUT2D eigenvalue weighted by Gasteiger charge is -2.37. The standard InChI is InChI=1S/C19H28ClN3O/c1-21(17-7-3-2-4-8-17)19(24)15-22-10-12-23(13-11-22)18-9-5-6-16(20)14-18/h5-6,9,14,17H,2-4,7-8,10-13,15H2,1H3. The number of carbonyl (C=O) groups excluding carboxylic acids is 1. The Bertz CT molecular complexity index is 551. The fourth-order valence-corrected chi connectivity index (χ4v) is 4.00.